The fourth-order valence-electron chi connectivity index (χ4n) is 5.25. The molecule has 0 bridgehead atoms. The summed E-state index contributed by atoms with van der Waals surface area (Å²) in [4.78, 5) is 13.1. The first-order chi connectivity index (χ1) is 19.8. The van der Waals surface area contributed by atoms with Gasteiger partial charge in [-0.1, -0.05) is 68.4 Å². The summed E-state index contributed by atoms with van der Waals surface area (Å²) in [6.45, 7) is 7.41. The lowest BCUT2D eigenvalue weighted by Crippen LogP contribution is -2.35. The molecule has 1 amide bonds. The monoisotopic (exact) mass is 603 g/mol. The Morgan fingerprint density at radius 1 is 0.976 bits per heavy atom. The highest BCUT2D eigenvalue weighted by atomic mass is 32.3. The molecule has 1 aliphatic carbocycles. The lowest BCUT2D eigenvalue weighted by molar-refractivity contribution is -0.137. The highest BCUT2D eigenvalue weighted by Gasteiger charge is 2.33. The number of hydrogen-bond donors (Lipinski definition) is 5. The Morgan fingerprint density at radius 3 is 2.40 bits per heavy atom. The highest BCUT2D eigenvalue weighted by Crippen LogP contribution is 2.48. The first kappa shape index (κ1) is 32.0. The molecular weight excluding hydrogens is 563 g/mol. The van der Waals surface area contributed by atoms with Crippen molar-refractivity contribution in [3.8, 4) is 0 Å². The van der Waals surface area contributed by atoms with Crippen molar-refractivity contribution in [1.82, 2.24) is 15.4 Å². The van der Waals surface area contributed by atoms with Gasteiger partial charge in [0.05, 0.1) is 22.5 Å². The predicted octanol–water partition coefficient (Wildman–Crippen LogP) is 7.95. The van der Waals surface area contributed by atoms with Crippen LogP contribution in [0, 0.1) is 5.92 Å². The summed E-state index contributed by atoms with van der Waals surface area (Å²) in [6.07, 6.45) is -2.14. The smallest absolute Gasteiger partial charge is 0.349 e. The number of benzene rings is 3. The topological polar surface area (TPSA) is 93.6 Å². The van der Waals surface area contributed by atoms with E-state index in [1.54, 1.807) is 30.3 Å². The van der Waals surface area contributed by atoms with E-state index < -0.39 is 28.6 Å². The second-order valence-electron chi connectivity index (χ2n) is 11.4. The fraction of sp³-hybridized carbons (Fsp3) is 0.406. The van der Waals surface area contributed by atoms with Crippen molar-refractivity contribution < 1.29 is 27.1 Å². The fourth-order valence-corrected chi connectivity index (χ4v) is 6.56. The van der Waals surface area contributed by atoms with Gasteiger partial charge in [0.25, 0.3) is 0 Å². The molecule has 42 heavy (non-hydrogen) atoms. The molecule has 0 spiro atoms. The van der Waals surface area contributed by atoms with E-state index in [1.807, 2.05) is 0 Å². The Balaban J connectivity index is 1.50. The SMILES string of the molecule is CC(C)CN[C@H](C)c1ccc2c(c1)CCC[C@H]2NC(=O)C[C@@H](NS(O)(O)c1cccc(C(F)(F)F)c1)c1ccccc1. The number of fused-ring (bicyclic) bond motifs is 1. The van der Waals surface area contributed by atoms with Gasteiger partial charge in [0.15, 0.2) is 0 Å². The Hall–Kier alpha value is -2.89. The molecule has 3 aromatic rings. The molecule has 4 rings (SSSR count). The summed E-state index contributed by atoms with van der Waals surface area (Å²) in [6, 6.07) is 18.3. The van der Waals surface area contributed by atoms with Crippen molar-refractivity contribution in [3.63, 3.8) is 0 Å². The van der Waals surface area contributed by atoms with Crippen LogP contribution in [0.25, 0.3) is 0 Å². The second-order valence-corrected chi connectivity index (χ2v) is 13.2. The van der Waals surface area contributed by atoms with Gasteiger partial charge in [0, 0.05) is 12.5 Å². The minimum Gasteiger partial charge on any atom is -0.349 e. The van der Waals surface area contributed by atoms with E-state index in [-0.39, 0.29) is 29.3 Å². The molecule has 6 nitrogen and oxygen atoms in total. The number of hydrogen-bond acceptors (Lipinski definition) is 5. The number of amides is 1. The molecule has 0 unspecified atom stereocenters. The molecule has 228 valence electrons. The molecule has 10 heteroatoms. The van der Waals surface area contributed by atoms with Crippen LogP contribution >= 0.6 is 10.8 Å². The van der Waals surface area contributed by atoms with Crippen LogP contribution in [0.15, 0.2) is 77.7 Å². The summed E-state index contributed by atoms with van der Waals surface area (Å²) >= 11 is 0. The predicted molar refractivity (Wildman–Crippen MR) is 161 cm³/mol. The molecule has 0 aliphatic heterocycles. The van der Waals surface area contributed by atoms with Gasteiger partial charge < -0.3 is 10.6 Å². The molecule has 1 aliphatic rings. The van der Waals surface area contributed by atoms with Crippen LogP contribution in [0.3, 0.4) is 0 Å². The van der Waals surface area contributed by atoms with Crippen LogP contribution in [0.4, 0.5) is 13.2 Å². The van der Waals surface area contributed by atoms with Gasteiger partial charge in [-0.05, 0) is 79.1 Å². The first-order valence-electron chi connectivity index (χ1n) is 14.3. The maximum absolute atomic E-state index is 13.4. The van der Waals surface area contributed by atoms with E-state index >= 15 is 0 Å². The molecule has 3 atom stereocenters. The molecule has 0 saturated heterocycles. The van der Waals surface area contributed by atoms with E-state index in [1.165, 1.54) is 17.2 Å². The third kappa shape index (κ3) is 8.35. The average Bonchev–Trinajstić information content (AvgIpc) is 2.95. The Kier molecular flexibility index (Phi) is 10.4. The third-order valence-electron chi connectivity index (χ3n) is 7.54. The van der Waals surface area contributed by atoms with Gasteiger partial charge in [-0.2, -0.15) is 13.2 Å². The molecule has 0 aromatic heterocycles. The molecule has 0 saturated carbocycles. The molecule has 0 radical (unpaired) electrons. The van der Waals surface area contributed by atoms with Crippen LogP contribution in [0.2, 0.25) is 0 Å². The number of aryl methyl sites for hydroxylation is 1. The van der Waals surface area contributed by atoms with E-state index in [4.69, 9.17) is 0 Å². The summed E-state index contributed by atoms with van der Waals surface area (Å²) in [7, 11) is -3.88. The maximum atomic E-state index is 13.4. The Morgan fingerprint density at radius 2 is 1.71 bits per heavy atom. The zero-order valence-electron chi connectivity index (χ0n) is 24.1. The number of halogens is 3. The largest absolute Gasteiger partial charge is 0.416 e. The van der Waals surface area contributed by atoms with E-state index in [0.29, 0.717) is 11.5 Å². The molecule has 5 N–H and O–H groups in total. The van der Waals surface area contributed by atoms with Gasteiger partial charge in [-0.25, -0.2) is 4.72 Å². The third-order valence-corrected chi connectivity index (χ3v) is 9.06. The van der Waals surface area contributed by atoms with Crippen molar-refractivity contribution in [3.05, 3.63) is 101 Å². The highest BCUT2D eigenvalue weighted by molar-refractivity contribution is 8.22. The van der Waals surface area contributed by atoms with E-state index in [9.17, 15) is 27.1 Å². The lowest BCUT2D eigenvalue weighted by atomic mass is 9.85. The normalized spacial score (nSPS) is 17.4. The van der Waals surface area contributed by atoms with Crippen molar-refractivity contribution >= 4 is 16.7 Å². The molecule has 0 fully saturated rings. The zero-order valence-corrected chi connectivity index (χ0v) is 24.9. The minimum absolute atomic E-state index is 0.140. The van der Waals surface area contributed by atoms with Gasteiger partial charge in [-0.15, -0.1) is 10.8 Å². The van der Waals surface area contributed by atoms with Crippen LogP contribution in [0.1, 0.15) is 86.0 Å². The van der Waals surface area contributed by atoms with Gasteiger partial charge in [0.2, 0.25) is 5.91 Å². The van der Waals surface area contributed by atoms with Crippen LogP contribution < -0.4 is 15.4 Å². The number of carbonyl (C=O) groups excluding carboxylic acids is 1. The summed E-state index contributed by atoms with van der Waals surface area (Å²) in [5.41, 5.74) is 3.11. The van der Waals surface area contributed by atoms with E-state index in [0.717, 1.165) is 49.6 Å². The standard InChI is InChI=1S/C32H40F3N3O3S/c1-21(2)20-36-22(3)24-15-16-28-25(17-24)11-7-14-29(28)37-31(39)19-30(23-9-5-4-6-10-23)38-42(40,41)27-13-8-12-26(18-27)32(33,34)35/h4-6,8-10,12-13,15-18,21-22,29-30,36,38,40-41H,7,11,14,19-20H2,1-3H3,(H,37,39)/t22-,29-,30-/m1/s1. The minimum atomic E-state index is -4.63. The van der Waals surface area contributed by atoms with Crippen LogP contribution in [-0.4, -0.2) is 21.6 Å². The summed E-state index contributed by atoms with van der Waals surface area (Å²) < 4.78 is 64.4. The van der Waals surface area contributed by atoms with Gasteiger partial charge in [0.1, 0.15) is 0 Å². The van der Waals surface area contributed by atoms with Gasteiger partial charge in [-0.3, -0.25) is 13.9 Å². The molecular formula is C32H40F3N3O3S. The Bertz CT molecular complexity index is 1350. The van der Waals surface area contributed by atoms with Crippen LogP contribution in [-0.2, 0) is 17.4 Å². The summed E-state index contributed by atoms with van der Waals surface area (Å²) in [5, 5.41) is 6.68. The maximum Gasteiger partial charge on any atom is 0.416 e. The molecule has 3 aromatic carbocycles. The second kappa shape index (κ2) is 13.6. The zero-order chi connectivity index (χ0) is 30.5. The number of nitrogens with one attached hydrogen (secondary N) is 3. The number of carbonyl (C=O) groups is 1. The van der Waals surface area contributed by atoms with Crippen molar-refractivity contribution in [1.29, 1.82) is 0 Å². The van der Waals surface area contributed by atoms with E-state index in [2.05, 4.69) is 54.3 Å². The lowest BCUT2D eigenvalue weighted by Gasteiger charge is -2.37. The quantitative estimate of drug-likeness (QED) is 0.153. The number of rotatable bonds is 11. The Labute approximate surface area is 247 Å². The van der Waals surface area contributed by atoms with Crippen molar-refractivity contribution in [2.45, 2.75) is 75.7 Å². The summed E-state index contributed by atoms with van der Waals surface area (Å²) in [5.74, 6) is 0.247. The van der Waals surface area contributed by atoms with Crippen molar-refractivity contribution in [2.75, 3.05) is 6.54 Å². The molecule has 0 heterocycles. The average molecular weight is 604 g/mol. The van der Waals surface area contributed by atoms with Crippen LogP contribution in [0.5, 0.6) is 0 Å². The first-order valence-corrected chi connectivity index (χ1v) is 15.8. The van der Waals surface area contributed by atoms with Crippen molar-refractivity contribution in [2.24, 2.45) is 5.92 Å². The van der Waals surface area contributed by atoms with Gasteiger partial charge >= 0.3 is 6.18 Å². The number of alkyl halides is 3.